The van der Waals surface area contributed by atoms with Gasteiger partial charge < -0.3 is 9.84 Å². The molecule has 2 aliphatic rings. The number of nitrogens with zero attached hydrogens (tertiary/aromatic N) is 2. The Labute approximate surface area is 128 Å². The van der Waals surface area contributed by atoms with Crippen molar-refractivity contribution in [2.75, 3.05) is 19.6 Å². The second-order valence-electron chi connectivity index (χ2n) is 8.14. The van der Waals surface area contributed by atoms with Gasteiger partial charge in [-0.2, -0.15) is 0 Å². The Morgan fingerprint density at radius 3 is 2.71 bits per heavy atom. The smallest absolute Gasteiger partial charge is 0.142 e. The lowest BCUT2D eigenvalue weighted by Gasteiger charge is -2.33. The van der Waals surface area contributed by atoms with E-state index in [4.69, 9.17) is 4.52 Å². The molecule has 2 saturated heterocycles. The van der Waals surface area contributed by atoms with Gasteiger partial charge in [0.15, 0.2) is 0 Å². The topological polar surface area (TPSA) is 41.3 Å². The number of hydrogen-bond donors (Lipinski definition) is 1. The fourth-order valence-electron chi connectivity index (χ4n) is 3.89. The Kier molecular flexibility index (Phi) is 3.87. The largest absolute Gasteiger partial charge is 0.361 e. The minimum atomic E-state index is 0.0398. The maximum absolute atomic E-state index is 5.52. The zero-order valence-corrected chi connectivity index (χ0v) is 13.9. The molecule has 3 heterocycles. The molecule has 0 aliphatic carbocycles. The van der Waals surface area contributed by atoms with Crippen molar-refractivity contribution in [3.05, 3.63) is 17.5 Å². The lowest BCUT2D eigenvalue weighted by molar-refractivity contribution is 0.187. The Balaban J connectivity index is 1.66. The van der Waals surface area contributed by atoms with E-state index in [0.29, 0.717) is 11.5 Å². The summed E-state index contributed by atoms with van der Waals surface area (Å²) in [6, 6.07) is 2.79. The van der Waals surface area contributed by atoms with Crippen molar-refractivity contribution in [2.24, 2.45) is 5.41 Å². The van der Waals surface area contributed by atoms with E-state index in [0.717, 1.165) is 18.0 Å². The van der Waals surface area contributed by atoms with Gasteiger partial charge in [0.1, 0.15) is 5.76 Å². The van der Waals surface area contributed by atoms with Crippen molar-refractivity contribution in [3.8, 4) is 0 Å². The van der Waals surface area contributed by atoms with Crippen LogP contribution in [0.1, 0.15) is 58.4 Å². The van der Waals surface area contributed by atoms with Crippen LogP contribution in [0.5, 0.6) is 0 Å². The van der Waals surface area contributed by atoms with Crippen LogP contribution in [0.4, 0.5) is 0 Å². The minimum absolute atomic E-state index is 0.0398. The summed E-state index contributed by atoms with van der Waals surface area (Å²) in [5.74, 6) is 0.987. The van der Waals surface area contributed by atoms with Crippen LogP contribution in [0.3, 0.4) is 0 Å². The monoisotopic (exact) mass is 291 g/mol. The summed E-state index contributed by atoms with van der Waals surface area (Å²) in [5, 5.41) is 7.77. The zero-order chi connectivity index (χ0) is 15.1. The average Bonchev–Trinajstić information content (AvgIpc) is 2.97. The summed E-state index contributed by atoms with van der Waals surface area (Å²) in [7, 11) is 0. The number of aromatic nitrogens is 1. The van der Waals surface area contributed by atoms with E-state index in [1.165, 1.54) is 38.9 Å². The van der Waals surface area contributed by atoms with E-state index in [1.54, 1.807) is 0 Å². The van der Waals surface area contributed by atoms with Crippen molar-refractivity contribution in [1.82, 2.24) is 15.4 Å². The van der Waals surface area contributed by atoms with Gasteiger partial charge in [0, 0.05) is 30.6 Å². The highest BCUT2D eigenvalue weighted by Gasteiger charge is 2.42. The molecule has 1 unspecified atom stereocenters. The predicted octanol–water partition coefficient (Wildman–Crippen LogP) is 2.94. The third kappa shape index (κ3) is 3.16. The predicted molar refractivity (Wildman–Crippen MR) is 84.2 cm³/mol. The summed E-state index contributed by atoms with van der Waals surface area (Å²) in [4.78, 5) is 2.59. The van der Waals surface area contributed by atoms with Gasteiger partial charge in [-0.3, -0.25) is 4.90 Å². The molecule has 0 saturated carbocycles. The van der Waals surface area contributed by atoms with Crippen LogP contribution in [0, 0.1) is 5.41 Å². The first-order valence-corrected chi connectivity index (χ1v) is 8.29. The van der Waals surface area contributed by atoms with Crippen LogP contribution in [-0.2, 0) is 12.0 Å². The van der Waals surface area contributed by atoms with Gasteiger partial charge in [-0.1, -0.05) is 25.9 Å². The van der Waals surface area contributed by atoms with E-state index in [9.17, 15) is 0 Å². The van der Waals surface area contributed by atoms with E-state index >= 15 is 0 Å². The third-order valence-corrected chi connectivity index (χ3v) is 5.22. The van der Waals surface area contributed by atoms with Gasteiger partial charge in [-0.05, 0) is 44.7 Å². The molecule has 1 aromatic rings. The maximum atomic E-state index is 5.52. The summed E-state index contributed by atoms with van der Waals surface area (Å²) >= 11 is 0. The van der Waals surface area contributed by atoms with Crippen molar-refractivity contribution in [2.45, 2.75) is 65.0 Å². The molecular formula is C17H29N3O. The first-order valence-electron chi connectivity index (χ1n) is 8.29. The van der Waals surface area contributed by atoms with Crippen LogP contribution < -0.4 is 5.32 Å². The molecule has 1 atom stereocenters. The summed E-state index contributed by atoms with van der Waals surface area (Å²) < 4.78 is 5.52. The minimum Gasteiger partial charge on any atom is -0.361 e. The van der Waals surface area contributed by atoms with E-state index in [2.05, 4.69) is 49.1 Å². The van der Waals surface area contributed by atoms with Crippen LogP contribution >= 0.6 is 0 Å². The molecule has 0 aromatic carbocycles. The lowest BCUT2D eigenvalue weighted by Crippen LogP contribution is -2.38. The van der Waals surface area contributed by atoms with Gasteiger partial charge in [0.2, 0.25) is 0 Å². The molecule has 0 bridgehead atoms. The van der Waals surface area contributed by atoms with Gasteiger partial charge in [0.05, 0.1) is 5.69 Å². The normalized spacial score (nSPS) is 26.6. The Hall–Kier alpha value is -0.870. The summed E-state index contributed by atoms with van der Waals surface area (Å²) in [5.41, 5.74) is 1.66. The molecule has 2 fully saturated rings. The van der Waals surface area contributed by atoms with Crippen molar-refractivity contribution < 1.29 is 4.52 Å². The molecule has 1 spiro atoms. The number of likely N-dealkylation sites (tertiary alicyclic amines) is 1. The standard InChI is InChI=1S/C17H29N3O/c1-13-10-17(5-7-18-8-6-17)12-20(13)11-14-9-15(21-19-14)16(2,3)4/h9,13,18H,5-8,10-12H2,1-4H3. The molecule has 0 amide bonds. The Bertz CT molecular complexity index is 482. The molecule has 118 valence electrons. The molecule has 2 aliphatic heterocycles. The lowest BCUT2D eigenvalue weighted by atomic mass is 9.77. The molecule has 1 aromatic heterocycles. The van der Waals surface area contributed by atoms with Gasteiger partial charge in [-0.25, -0.2) is 0 Å². The Morgan fingerprint density at radius 2 is 2.10 bits per heavy atom. The van der Waals surface area contributed by atoms with Gasteiger partial charge >= 0.3 is 0 Å². The highest BCUT2D eigenvalue weighted by atomic mass is 16.5. The second-order valence-corrected chi connectivity index (χ2v) is 8.14. The number of hydrogen-bond acceptors (Lipinski definition) is 4. The Morgan fingerprint density at radius 1 is 1.38 bits per heavy atom. The first kappa shape index (κ1) is 15.0. The van der Waals surface area contributed by atoms with Gasteiger partial charge in [-0.15, -0.1) is 0 Å². The molecule has 3 rings (SSSR count). The van der Waals surface area contributed by atoms with Crippen LogP contribution in [0.15, 0.2) is 10.6 Å². The third-order valence-electron chi connectivity index (χ3n) is 5.22. The molecule has 4 nitrogen and oxygen atoms in total. The first-order chi connectivity index (χ1) is 9.88. The molecule has 0 radical (unpaired) electrons. The highest BCUT2D eigenvalue weighted by molar-refractivity contribution is 5.13. The van der Waals surface area contributed by atoms with Crippen LogP contribution in [-0.4, -0.2) is 35.7 Å². The van der Waals surface area contributed by atoms with Crippen LogP contribution in [0.25, 0.3) is 0 Å². The van der Waals surface area contributed by atoms with Crippen molar-refractivity contribution in [1.29, 1.82) is 0 Å². The maximum Gasteiger partial charge on any atom is 0.142 e. The number of rotatable bonds is 2. The number of piperidine rings is 1. The molecular weight excluding hydrogens is 262 g/mol. The van der Waals surface area contributed by atoms with E-state index in [-0.39, 0.29) is 5.41 Å². The van der Waals surface area contributed by atoms with Crippen molar-refractivity contribution in [3.63, 3.8) is 0 Å². The average molecular weight is 291 g/mol. The SMILES string of the molecule is CC1CC2(CCNCC2)CN1Cc1cc(C(C)(C)C)on1. The molecule has 1 N–H and O–H groups in total. The van der Waals surface area contributed by atoms with Crippen LogP contribution in [0.2, 0.25) is 0 Å². The quantitative estimate of drug-likeness (QED) is 0.909. The molecule has 4 heteroatoms. The van der Waals surface area contributed by atoms with E-state index in [1.807, 2.05) is 0 Å². The fraction of sp³-hybridized carbons (Fsp3) is 0.824. The highest BCUT2D eigenvalue weighted by Crippen LogP contribution is 2.42. The fourth-order valence-corrected chi connectivity index (χ4v) is 3.89. The second kappa shape index (κ2) is 5.40. The molecule has 21 heavy (non-hydrogen) atoms. The number of nitrogens with one attached hydrogen (secondary N) is 1. The van der Waals surface area contributed by atoms with Gasteiger partial charge in [0.25, 0.3) is 0 Å². The van der Waals surface area contributed by atoms with E-state index < -0.39 is 0 Å². The van der Waals surface area contributed by atoms with Crippen molar-refractivity contribution >= 4 is 0 Å². The summed E-state index contributed by atoms with van der Waals surface area (Å²) in [6.45, 7) is 13.4. The summed E-state index contributed by atoms with van der Waals surface area (Å²) in [6.07, 6.45) is 3.97. The zero-order valence-electron chi connectivity index (χ0n) is 13.9.